The average molecular weight is 304 g/mol. The van der Waals surface area contributed by atoms with Crippen LogP contribution in [0, 0.1) is 5.92 Å². The molecule has 0 aromatic heterocycles. The Balaban J connectivity index is 3.07. The Kier molecular flexibility index (Phi) is 15.2. The summed E-state index contributed by atoms with van der Waals surface area (Å²) in [5, 5.41) is 0. The van der Waals surface area contributed by atoms with E-state index in [0.717, 1.165) is 19.4 Å². The van der Waals surface area contributed by atoms with Crippen LogP contribution in [0.2, 0.25) is 0 Å². The third-order valence-corrected chi connectivity index (χ3v) is 2.72. The van der Waals surface area contributed by atoms with Crippen LogP contribution in [0.5, 0.6) is 0 Å². The minimum atomic E-state index is -0.143. The van der Waals surface area contributed by atoms with Crippen LogP contribution in [0.25, 0.3) is 0 Å². The highest BCUT2D eigenvalue weighted by Gasteiger charge is 2.01. The maximum absolute atomic E-state index is 11.2. The molecule has 0 aromatic rings. The Hall–Kier alpha value is -0.650. The monoisotopic (exact) mass is 304 g/mol. The lowest BCUT2D eigenvalue weighted by atomic mass is 10.1. The zero-order valence-corrected chi connectivity index (χ0v) is 13.9. The van der Waals surface area contributed by atoms with Gasteiger partial charge in [0.1, 0.15) is 0 Å². The number of hydrogen-bond acceptors (Lipinski definition) is 5. The number of carbonyl (C=O) groups excluding carboxylic acids is 1. The molecule has 0 heterocycles. The SMILES string of the molecule is CCCOC(=O)CCCOCCOCCOCCC(C)C. The third kappa shape index (κ3) is 17.3. The fourth-order valence-corrected chi connectivity index (χ4v) is 1.47. The predicted octanol–water partition coefficient (Wildman–Crippen LogP) is 2.82. The minimum absolute atomic E-state index is 0.143. The summed E-state index contributed by atoms with van der Waals surface area (Å²) in [4.78, 5) is 11.2. The van der Waals surface area contributed by atoms with E-state index < -0.39 is 0 Å². The summed E-state index contributed by atoms with van der Waals surface area (Å²) >= 11 is 0. The fourth-order valence-electron chi connectivity index (χ4n) is 1.47. The molecule has 0 radical (unpaired) electrons. The maximum atomic E-state index is 11.2. The standard InChI is InChI=1S/C16H32O5/c1-4-8-21-16(17)6-5-9-18-11-13-20-14-12-19-10-7-15(2)3/h15H,4-14H2,1-3H3. The molecule has 0 spiro atoms. The van der Waals surface area contributed by atoms with Crippen molar-refractivity contribution in [1.82, 2.24) is 0 Å². The van der Waals surface area contributed by atoms with Gasteiger partial charge in [-0.3, -0.25) is 4.79 Å². The Morgan fingerprint density at radius 2 is 1.43 bits per heavy atom. The summed E-state index contributed by atoms with van der Waals surface area (Å²) in [5.41, 5.74) is 0. The van der Waals surface area contributed by atoms with E-state index in [-0.39, 0.29) is 5.97 Å². The van der Waals surface area contributed by atoms with Gasteiger partial charge in [0.25, 0.3) is 0 Å². The van der Waals surface area contributed by atoms with Gasteiger partial charge in [-0.05, 0) is 25.2 Å². The predicted molar refractivity (Wildman–Crippen MR) is 82.4 cm³/mol. The van der Waals surface area contributed by atoms with E-state index in [0.29, 0.717) is 58.4 Å². The number of esters is 1. The fraction of sp³-hybridized carbons (Fsp3) is 0.938. The molecule has 0 fully saturated rings. The molecule has 0 aliphatic rings. The van der Waals surface area contributed by atoms with Crippen molar-refractivity contribution in [1.29, 1.82) is 0 Å². The van der Waals surface area contributed by atoms with Crippen LogP contribution in [0.1, 0.15) is 46.5 Å². The highest BCUT2D eigenvalue weighted by atomic mass is 16.5. The number of ether oxygens (including phenoxy) is 4. The van der Waals surface area contributed by atoms with Crippen LogP contribution in [0.15, 0.2) is 0 Å². The lowest BCUT2D eigenvalue weighted by molar-refractivity contribution is -0.144. The summed E-state index contributed by atoms with van der Waals surface area (Å²) in [6, 6.07) is 0. The molecule has 0 atom stereocenters. The molecule has 0 rings (SSSR count). The highest BCUT2D eigenvalue weighted by Crippen LogP contribution is 1.98. The van der Waals surface area contributed by atoms with Gasteiger partial charge in [-0.15, -0.1) is 0 Å². The summed E-state index contributed by atoms with van der Waals surface area (Å²) < 4.78 is 21.1. The van der Waals surface area contributed by atoms with Gasteiger partial charge < -0.3 is 18.9 Å². The smallest absolute Gasteiger partial charge is 0.305 e. The molecule has 0 N–H and O–H groups in total. The Labute approximate surface area is 129 Å². The molecule has 0 amide bonds. The molecule has 0 unspecified atom stereocenters. The van der Waals surface area contributed by atoms with Crippen molar-refractivity contribution in [2.24, 2.45) is 5.92 Å². The van der Waals surface area contributed by atoms with E-state index in [1.54, 1.807) is 0 Å². The molecule has 0 aliphatic heterocycles. The Bertz CT molecular complexity index is 231. The Morgan fingerprint density at radius 1 is 0.857 bits per heavy atom. The molecule has 0 saturated carbocycles. The maximum Gasteiger partial charge on any atom is 0.305 e. The van der Waals surface area contributed by atoms with E-state index >= 15 is 0 Å². The van der Waals surface area contributed by atoms with E-state index in [4.69, 9.17) is 18.9 Å². The van der Waals surface area contributed by atoms with Gasteiger partial charge in [0, 0.05) is 19.6 Å². The first kappa shape index (κ1) is 20.3. The summed E-state index contributed by atoms with van der Waals surface area (Å²) in [6.45, 7) is 10.6. The van der Waals surface area contributed by atoms with Crippen molar-refractivity contribution in [3.8, 4) is 0 Å². The lowest BCUT2D eigenvalue weighted by Gasteiger charge is -2.08. The molecule has 5 heteroatoms. The quantitative estimate of drug-likeness (QED) is 0.344. The van der Waals surface area contributed by atoms with Crippen LogP contribution in [-0.4, -0.2) is 52.2 Å². The number of hydrogen-bond donors (Lipinski definition) is 0. The van der Waals surface area contributed by atoms with Gasteiger partial charge in [-0.2, -0.15) is 0 Å². The van der Waals surface area contributed by atoms with Gasteiger partial charge in [-0.25, -0.2) is 0 Å². The normalized spacial score (nSPS) is 11.0. The van der Waals surface area contributed by atoms with Gasteiger partial charge >= 0.3 is 5.97 Å². The summed E-state index contributed by atoms with van der Waals surface area (Å²) in [7, 11) is 0. The molecule has 0 aliphatic carbocycles. The molecular weight excluding hydrogens is 272 g/mol. The van der Waals surface area contributed by atoms with E-state index in [2.05, 4.69) is 13.8 Å². The molecular formula is C16H32O5. The molecule has 0 saturated heterocycles. The second kappa shape index (κ2) is 15.7. The van der Waals surface area contributed by atoms with Gasteiger partial charge in [0.05, 0.1) is 33.0 Å². The van der Waals surface area contributed by atoms with Crippen molar-refractivity contribution in [2.75, 3.05) is 46.2 Å². The topological polar surface area (TPSA) is 54.0 Å². The first-order valence-electron chi connectivity index (χ1n) is 8.05. The van der Waals surface area contributed by atoms with Crippen molar-refractivity contribution in [3.63, 3.8) is 0 Å². The zero-order chi connectivity index (χ0) is 15.8. The Morgan fingerprint density at radius 3 is 2.00 bits per heavy atom. The molecule has 0 aromatic carbocycles. The van der Waals surface area contributed by atoms with Gasteiger partial charge in [0.15, 0.2) is 0 Å². The molecule has 21 heavy (non-hydrogen) atoms. The van der Waals surface area contributed by atoms with Gasteiger partial charge in [-0.1, -0.05) is 20.8 Å². The van der Waals surface area contributed by atoms with Crippen molar-refractivity contribution in [3.05, 3.63) is 0 Å². The van der Waals surface area contributed by atoms with Gasteiger partial charge in [0.2, 0.25) is 0 Å². The van der Waals surface area contributed by atoms with Crippen LogP contribution in [0.3, 0.4) is 0 Å². The molecule has 0 bridgehead atoms. The second-order valence-corrected chi connectivity index (χ2v) is 5.34. The lowest BCUT2D eigenvalue weighted by Crippen LogP contribution is -2.11. The van der Waals surface area contributed by atoms with Crippen LogP contribution >= 0.6 is 0 Å². The first-order chi connectivity index (χ1) is 10.2. The second-order valence-electron chi connectivity index (χ2n) is 5.34. The van der Waals surface area contributed by atoms with Crippen LogP contribution in [-0.2, 0) is 23.7 Å². The number of carbonyl (C=O) groups is 1. The van der Waals surface area contributed by atoms with E-state index in [1.165, 1.54) is 0 Å². The number of rotatable bonds is 15. The van der Waals surface area contributed by atoms with E-state index in [9.17, 15) is 4.79 Å². The zero-order valence-electron chi connectivity index (χ0n) is 13.9. The van der Waals surface area contributed by atoms with Crippen molar-refractivity contribution >= 4 is 5.97 Å². The largest absolute Gasteiger partial charge is 0.466 e. The van der Waals surface area contributed by atoms with Crippen molar-refractivity contribution in [2.45, 2.75) is 46.5 Å². The molecule has 5 nitrogen and oxygen atoms in total. The molecule has 126 valence electrons. The third-order valence-electron chi connectivity index (χ3n) is 2.72. The first-order valence-corrected chi connectivity index (χ1v) is 8.05. The summed E-state index contributed by atoms with van der Waals surface area (Å²) in [5.74, 6) is 0.536. The highest BCUT2D eigenvalue weighted by molar-refractivity contribution is 5.69. The van der Waals surface area contributed by atoms with Crippen LogP contribution in [0.4, 0.5) is 0 Å². The minimum Gasteiger partial charge on any atom is -0.466 e. The van der Waals surface area contributed by atoms with Crippen molar-refractivity contribution < 1.29 is 23.7 Å². The average Bonchev–Trinajstić information content (AvgIpc) is 2.45. The van der Waals surface area contributed by atoms with Crippen LogP contribution < -0.4 is 0 Å². The summed E-state index contributed by atoms with van der Waals surface area (Å²) in [6.07, 6.45) is 3.07. The van der Waals surface area contributed by atoms with E-state index in [1.807, 2.05) is 6.92 Å².